The van der Waals surface area contributed by atoms with Crippen LogP contribution >= 0.6 is 35.4 Å². The van der Waals surface area contributed by atoms with Crippen LogP contribution in [0.15, 0.2) is 29.5 Å². The smallest absolute Gasteiger partial charge is 0.171 e. The van der Waals surface area contributed by atoms with Crippen molar-refractivity contribution >= 4 is 46.3 Å². The molecule has 3 rings (SSSR count). The Labute approximate surface area is 145 Å². The number of halogens is 2. The van der Waals surface area contributed by atoms with Crippen LogP contribution in [0.25, 0.3) is 0 Å². The normalized spacial score (nSPS) is 23.7. The third-order valence-electron chi connectivity index (χ3n) is 4.02. The van der Waals surface area contributed by atoms with E-state index in [4.69, 9.17) is 35.4 Å². The Morgan fingerprint density at radius 3 is 2.68 bits per heavy atom. The summed E-state index contributed by atoms with van der Waals surface area (Å²) in [6.07, 6.45) is 1.31. The molecule has 22 heavy (non-hydrogen) atoms. The van der Waals surface area contributed by atoms with Gasteiger partial charge in [-0.25, -0.2) is 0 Å². The monoisotopic (exact) mass is 354 g/mol. The van der Waals surface area contributed by atoms with Crippen molar-refractivity contribution in [1.82, 2.24) is 10.6 Å². The standard InChI is InChI=1S/C16H16Cl2N2OS/c1-16(2)6-11-13(12(21)7-16)14(20-15(22)19-11)9-4-3-8(17)5-10(9)18/h3-5,14H,6-7H2,1-2H3,(H2,19,20,22)/t14-/m0/s1. The summed E-state index contributed by atoms with van der Waals surface area (Å²) < 4.78 is 0. The lowest BCUT2D eigenvalue weighted by atomic mass is 9.73. The van der Waals surface area contributed by atoms with Gasteiger partial charge in [0.25, 0.3) is 0 Å². The fourth-order valence-corrected chi connectivity index (χ4v) is 3.89. The Hall–Kier alpha value is -1.10. The highest BCUT2D eigenvalue weighted by atomic mass is 35.5. The number of benzene rings is 1. The average molecular weight is 355 g/mol. The van der Waals surface area contributed by atoms with Crippen LogP contribution in [0.1, 0.15) is 38.3 Å². The van der Waals surface area contributed by atoms with Gasteiger partial charge >= 0.3 is 0 Å². The molecule has 1 aromatic rings. The first-order chi connectivity index (χ1) is 10.3. The Morgan fingerprint density at radius 2 is 2.00 bits per heavy atom. The van der Waals surface area contributed by atoms with Crippen LogP contribution in [0.4, 0.5) is 0 Å². The molecular weight excluding hydrogens is 339 g/mol. The highest BCUT2D eigenvalue weighted by Crippen LogP contribution is 2.42. The summed E-state index contributed by atoms with van der Waals surface area (Å²) in [4.78, 5) is 12.7. The zero-order valence-corrected chi connectivity index (χ0v) is 14.6. The molecule has 0 unspecified atom stereocenters. The van der Waals surface area contributed by atoms with Crippen LogP contribution in [0.3, 0.4) is 0 Å². The minimum absolute atomic E-state index is 0.0653. The van der Waals surface area contributed by atoms with Crippen LogP contribution < -0.4 is 10.6 Å². The number of rotatable bonds is 1. The van der Waals surface area contributed by atoms with Crippen molar-refractivity contribution < 1.29 is 4.79 Å². The fourth-order valence-electron chi connectivity index (χ4n) is 3.13. The van der Waals surface area contributed by atoms with Gasteiger partial charge in [0.1, 0.15) is 0 Å². The topological polar surface area (TPSA) is 41.1 Å². The molecule has 0 spiro atoms. The first-order valence-electron chi connectivity index (χ1n) is 7.05. The molecule has 0 aromatic heterocycles. The Morgan fingerprint density at radius 1 is 1.27 bits per heavy atom. The minimum atomic E-state index is -0.322. The van der Waals surface area contributed by atoms with Crippen molar-refractivity contribution in [3.05, 3.63) is 45.1 Å². The summed E-state index contributed by atoms with van der Waals surface area (Å²) in [6.45, 7) is 4.18. The quantitative estimate of drug-likeness (QED) is 0.743. The molecule has 3 nitrogen and oxygen atoms in total. The fraction of sp³-hybridized carbons (Fsp3) is 0.375. The molecule has 1 aliphatic heterocycles. The number of allylic oxidation sites excluding steroid dienone is 1. The molecule has 0 fully saturated rings. The van der Waals surface area contributed by atoms with Crippen molar-refractivity contribution in [2.45, 2.75) is 32.7 Å². The van der Waals surface area contributed by atoms with Crippen molar-refractivity contribution in [1.29, 1.82) is 0 Å². The van der Waals surface area contributed by atoms with Crippen LogP contribution in [-0.2, 0) is 4.79 Å². The van der Waals surface area contributed by atoms with Crippen LogP contribution in [0, 0.1) is 5.41 Å². The van der Waals surface area contributed by atoms with E-state index in [0.29, 0.717) is 21.6 Å². The number of ketones is 1. The molecule has 0 amide bonds. The summed E-state index contributed by atoms with van der Waals surface area (Å²) in [5, 5.41) is 7.92. The molecule has 1 aliphatic carbocycles. The number of hydrogen-bond donors (Lipinski definition) is 2. The summed E-state index contributed by atoms with van der Waals surface area (Å²) in [5.41, 5.74) is 2.39. The number of Topliss-reactive ketones (excluding diaryl/α,β-unsaturated/α-hetero) is 1. The molecule has 2 aliphatic rings. The summed E-state index contributed by atoms with van der Waals surface area (Å²) >= 11 is 17.6. The van der Waals surface area contributed by atoms with Crippen LogP contribution in [-0.4, -0.2) is 10.9 Å². The van der Waals surface area contributed by atoms with Gasteiger partial charge in [0.15, 0.2) is 10.9 Å². The highest BCUT2D eigenvalue weighted by Gasteiger charge is 2.40. The predicted octanol–water partition coefficient (Wildman–Crippen LogP) is 4.16. The second kappa shape index (κ2) is 5.52. The summed E-state index contributed by atoms with van der Waals surface area (Å²) in [6, 6.07) is 4.97. The zero-order valence-electron chi connectivity index (χ0n) is 12.3. The van der Waals surface area contributed by atoms with Crippen LogP contribution in [0.5, 0.6) is 0 Å². The van der Waals surface area contributed by atoms with Gasteiger partial charge in [0.05, 0.1) is 6.04 Å². The van der Waals surface area contributed by atoms with Crippen molar-refractivity contribution in [3.63, 3.8) is 0 Å². The van der Waals surface area contributed by atoms with Gasteiger partial charge in [0.2, 0.25) is 0 Å². The number of carbonyl (C=O) groups is 1. The molecule has 1 atom stereocenters. The van der Waals surface area contributed by atoms with Gasteiger partial charge in [0, 0.05) is 27.7 Å². The molecule has 0 saturated heterocycles. The maximum absolute atomic E-state index is 12.7. The van der Waals surface area contributed by atoms with E-state index in [1.807, 2.05) is 6.07 Å². The van der Waals surface area contributed by atoms with Crippen molar-refractivity contribution in [3.8, 4) is 0 Å². The largest absolute Gasteiger partial charge is 0.351 e. The molecule has 0 bridgehead atoms. The van der Waals surface area contributed by atoms with E-state index in [2.05, 4.69) is 24.5 Å². The lowest BCUT2D eigenvalue weighted by molar-refractivity contribution is -0.118. The SMILES string of the molecule is CC1(C)CC(=O)C2=C(C1)NC(=S)N[C@H]2c1ccc(Cl)cc1Cl. The first-order valence-corrected chi connectivity index (χ1v) is 8.22. The van der Waals surface area contributed by atoms with E-state index in [1.54, 1.807) is 12.1 Å². The third kappa shape index (κ3) is 2.87. The minimum Gasteiger partial charge on any atom is -0.351 e. The number of hydrogen-bond acceptors (Lipinski definition) is 2. The van der Waals surface area contributed by atoms with Gasteiger partial charge in [-0.3, -0.25) is 4.79 Å². The van der Waals surface area contributed by atoms with E-state index >= 15 is 0 Å². The van der Waals surface area contributed by atoms with E-state index in [1.165, 1.54) is 0 Å². The number of thiocarbonyl (C=S) groups is 1. The number of nitrogens with one attached hydrogen (secondary N) is 2. The van der Waals surface area contributed by atoms with Gasteiger partial charge in [-0.1, -0.05) is 43.1 Å². The Kier molecular flexibility index (Phi) is 3.96. The molecule has 0 radical (unpaired) electrons. The zero-order chi connectivity index (χ0) is 16.1. The first kappa shape index (κ1) is 15.8. The van der Waals surface area contributed by atoms with E-state index < -0.39 is 0 Å². The molecule has 116 valence electrons. The van der Waals surface area contributed by atoms with Gasteiger partial charge in [-0.15, -0.1) is 0 Å². The van der Waals surface area contributed by atoms with E-state index in [9.17, 15) is 4.79 Å². The lowest BCUT2D eigenvalue weighted by Gasteiger charge is -2.39. The summed E-state index contributed by atoms with van der Waals surface area (Å²) in [7, 11) is 0. The second-order valence-electron chi connectivity index (χ2n) is 6.53. The van der Waals surface area contributed by atoms with Crippen LogP contribution in [0.2, 0.25) is 10.0 Å². The van der Waals surface area contributed by atoms with E-state index in [0.717, 1.165) is 23.3 Å². The number of carbonyl (C=O) groups excluding carboxylic acids is 1. The average Bonchev–Trinajstić information content (AvgIpc) is 2.35. The Balaban J connectivity index is 2.11. The maximum atomic E-state index is 12.7. The van der Waals surface area contributed by atoms with Gasteiger partial charge in [-0.05, 0) is 41.7 Å². The maximum Gasteiger partial charge on any atom is 0.171 e. The molecule has 2 N–H and O–H groups in total. The van der Waals surface area contributed by atoms with Gasteiger partial charge in [-0.2, -0.15) is 0 Å². The third-order valence-corrected chi connectivity index (χ3v) is 4.80. The van der Waals surface area contributed by atoms with Gasteiger partial charge < -0.3 is 10.6 Å². The van der Waals surface area contributed by atoms with Crippen molar-refractivity contribution in [2.75, 3.05) is 0 Å². The lowest BCUT2D eigenvalue weighted by Crippen LogP contribution is -2.48. The summed E-state index contributed by atoms with van der Waals surface area (Å²) in [5.74, 6) is 0.129. The second-order valence-corrected chi connectivity index (χ2v) is 7.78. The predicted molar refractivity (Wildman–Crippen MR) is 93.1 cm³/mol. The molecule has 1 heterocycles. The Bertz CT molecular complexity index is 712. The molecule has 6 heteroatoms. The van der Waals surface area contributed by atoms with E-state index in [-0.39, 0.29) is 17.2 Å². The molecule has 1 aromatic carbocycles. The highest BCUT2D eigenvalue weighted by molar-refractivity contribution is 7.80. The molecule has 0 saturated carbocycles. The molecular formula is C16H16Cl2N2OS. The van der Waals surface area contributed by atoms with Crippen molar-refractivity contribution in [2.24, 2.45) is 5.41 Å².